The number of ether oxygens (including phenoxy) is 2. The van der Waals surface area contributed by atoms with Crippen molar-refractivity contribution in [2.24, 2.45) is 0 Å². The summed E-state index contributed by atoms with van der Waals surface area (Å²) in [4.78, 5) is 22.7. The molecule has 20 heavy (non-hydrogen) atoms. The van der Waals surface area contributed by atoms with Crippen LogP contribution in [-0.2, 0) is 27.2 Å². The van der Waals surface area contributed by atoms with Crippen LogP contribution < -0.4 is 10.1 Å². The van der Waals surface area contributed by atoms with E-state index in [4.69, 9.17) is 4.74 Å². The molecule has 0 fully saturated rings. The molecular formula is C15H19NO4. The molecule has 5 nitrogen and oxygen atoms in total. The number of esters is 1. The molecule has 1 amide bonds. The third kappa shape index (κ3) is 3.50. The highest BCUT2D eigenvalue weighted by Crippen LogP contribution is 2.26. The van der Waals surface area contributed by atoms with Crippen molar-refractivity contribution < 1.29 is 19.1 Å². The van der Waals surface area contributed by atoms with Crippen LogP contribution in [0, 0.1) is 0 Å². The van der Waals surface area contributed by atoms with Crippen molar-refractivity contribution in [2.75, 3.05) is 13.2 Å². The number of nitrogens with one attached hydrogen (secondary N) is 1. The second kappa shape index (κ2) is 6.41. The van der Waals surface area contributed by atoms with Gasteiger partial charge in [-0.05, 0) is 37.5 Å². The molecular weight excluding hydrogens is 258 g/mol. The molecule has 1 aromatic carbocycles. The predicted molar refractivity (Wildman–Crippen MR) is 73.6 cm³/mol. The van der Waals surface area contributed by atoms with Crippen molar-refractivity contribution in [3.63, 3.8) is 0 Å². The second-order valence-corrected chi connectivity index (χ2v) is 4.84. The Kier molecular flexibility index (Phi) is 4.61. The molecule has 2 rings (SSSR count). The normalized spacial score (nSPS) is 14.1. The lowest BCUT2D eigenvalue weighted by Gasteiger charge is -2.13. The first-order chi connectivity index (χ1) is 9.60. The Bertz CT molecular complexity index is 513. The zero-order chi connectivity index (χ0) is 14.5. The van der Waals surface area contributed by atoms with Crippen LogP contribution in [0.1, 0.15) is 25.0 Å². The molecule has 1 N–H and O–H groups in total. The van der Waals surface area contributed by atoms with Gasteiger partial charge < -0.3 is 14.8 Å². The van der Waals surface area contributed by atoms with Gasteiger partial charge in [0.05, 0.1) is 13.2 Å². The van der Waals surface area contributed by atoms with E-state index in [1.165, 1.54) is 5.56 Å². The Morgan fingerprint density at radius 3 is 3.00 bits per heavy atom. The number of amides is 1. The van der Waals surface area contributed by atoms with E-state index in [-0.39, 0.29) is 12.6 Å². The fraction of sp³-hybridized carbons (Fsp3) is 0.467. The van der Waals surface area contributed by atoms with Gasteiger partial charge in [0.1, 0.15) is 5.75 Å². The first kappa shape index (κ1) is 14.4. The van der Waals surface area contributed by atoms with E-state index in [0.717, 1.165) is 24.3 Å². The summed E-state index contributed by atoms with van der Waals surface area (Å²) in [6, 6.07) is 5.90. The molecule has 0 saturated carbocycles. The molecule has 0 saturated heterocycles. The number of hydrogen-bond acceptors (Lipinski definition) is 4. The molecule has 0 radical (unpaired) electrons. The number of carbonyl (C=O) groups is 2. The second-order valence-electron chi connectivity index (χ2n) is 4.84. The average Bonchev–Trinajstić information content (AvgIpc) is 2.86. The summed E-state index contributed by atoms with van der Waals surface area (Å²) in [5, 5.41) is 2.64. The van der Waals surface area contributed by atoms with Gasteiger partial charge >= 0.3 is 11.9 Å². The van der Waals surface area contributed by atoms with Crippen LogP contribution in [0.5, 0.6) is 5.75 Å². The molecule has 1 atom stereocenters. The van der Waals surface area contributed by atoms with Crippen LogP contribution in [-0.4, -0.2) is 31.1 Å². The standard InChI is InChI=1S/C15H19NO4/c1-3-19-15(18)14(17)16-10(2)8-11-4-5-13-12(9-11)6-7-20-13/h4-5,9-10H,3,6-8H2,1-2H3,(H,16,17). The Labute approximate surface area is 118 Å². The van der Waals surface area contributed by atoms with Gasteiger partial charge in [-0.2, -0.15) is 0 Å². The summed E-state index contributed by atoms with van der Waals surface area (Å²) in [6.07, 6.45) is 1.59. The summed E-state index contributed by atoms with van der Waals surface area (Å²) < 4.78 is 10.1. The average molecular weight is 277 g/mol. The van der Waals surface area contributed by atoms with Crippen LogP contribution in [0.3, 0.4) is 0 Å². The fourth-order valence-corrected chi connectivity index (χ4v) is 2.25. The topological polar surface area (TPSA) is 64.6 Å². The number of hydrogen-bond donors (Lipinski definition) is 1. The Balaban J connectivity index is 1.90. The fourth-order valence-electron chi connectivity index (χ4n) is 2.25. The van der Waals surface area contributed by atoms with Gasteiger partial charge in [-0.3, -0.25) is 4.79 Å². The third-order valence-corrected chi connectivity index (χ3v) is 3.13. The molecule has 0 spiro atoms. The van der Waals surface area contributed by atoms with Crippen LogP contribution in [0.4, 0.5) is 0 Å². The van der Waals surface area contributed by atoms with E-state index >= 15 is 0 Å². The molecule has 0 bridgehead atoms. The highest BCUT2D eigenvalue weighted by Gasteiger charge is 2.18. The minimum Gasteiger partial charge on any atom is -0.493 e. The molecule has 1 aliphatic heterocycles. The lowest BCUT2D eigenvalue weighted by Crippen LogP contribution is -2.39. The van der Waals surface area contributed by atoms with E-state index < -0.39 is 11.9 Å². The third-order valence-electron chi connectivity index (χ3n) is 3.13. The molecule has 1 aliphatic rings. The van der Waals surface area contributed by atoms with Crippen LogP contribution in [0.25, 0.3) is 0 Å². The zero-order valence-corrected chi connectivity index (χ0v) is 11.8. The summed E-state index contributed by atoms with van der Waals surface area (Å²) in [6.45, 7) is 4.46. The molecule has 1 heterocycles. The van der Waals surface area contributed by atoms with Crippen LogP contribution >= 0.6 is 0 Å². The van der Waals surface area contributed by atoms with E-state index in [1.807, 2.05) is 19.1 Å². The zero-order valence-electron chi connectivity index (χ0n) is 11.8. The monoisotopic (exact) mass is 277 g/mol. The molecule has 1 aromatic rings. The summed E-state index contributed by atoms with van der Waals surface area (Å²) >= 11 is 0. The predicted octanol–water partition coefficient (Wildman–Crippen LogP) is 1.23. The largest absolute Gasteiger partial charge is 0.493 e. The van der Waals surface area contributed by atoms with E-state index in [9.17, 15) is 9.59 Å². The summed E-state index contributed by atoms with van der Waals surface area (Å²) in [5.41, 5.74) is 2.32. The van der Waals surface area contributed by atoms with Gasteiger partial charge in [0.15, 0.2) is 0 Å². The first-order valence-electron chi connectivity index (χ1n) is 6.82. The van der Waals surface area contributed by atoms with Crippen molar-refractivity contribution >= 4 is 11.9 Å². The van der Waals surface area contributed by atoms with Crippen molar-refractivity contribution in [1.29, 1.82) is 0 Å². The Morgan fingerprint density at radius 1 is 1.45 bits per heavy atom. The Morgan fingerprint density at radius 2 is 2.25 bits per heavy atom. The summed E-state index contributed by atoms with van der Waals surface area (Å²) in [5.74, 6) is -0.581. The van der Waals surface area contributed by atoms with Gasteiger partial charge in [0.25, 0.3) is 0 Å². The number of rotatable bonds is 4. The lowest BCUT2D eigenvalue weighted by molar-refractivity contribution is -0.154. The molecule has 108 valence electrons. The quantitative estimate of drug-likeness (QED) is 0.664. The van der Waals surface area contributed by atoms with Crippen molar-refractivity contribution in [1.82, 2.24) is 5.32 Å². The summed E-state index contributed by atoms with van der Waals surface area (Å²) in [7, 11) is 0. The Hall–Kier alpha value is -2.04. The van der Waals surface area contributed by atoms with Crippen LogP contribution in [0.2, 0.25) is 0 Å². The van der Waals surface area contributed by atoms with Gasteiger partial charge in [0, 0.05) is 12.5 Å². The number of fused-ring (bicyclic) bond motifs is 1. The smallest absolute Gasteiger partial charge is 0.396 e. The van der Waals surface area contributed by atoms with Gasteiger partial charge in [-0.15, -0.1) is 0 Å². The van der Waals surface area contributed by atoms with Crippen LogP contribution in [0.15, 0.2) is 18.2 Å². The van der Waals surface area contributed by atoms with Gasteiger partial charge in [-0.1, -0.05) is 12.1 Å². The molecule has 1 unspecified atom stereocenters. The lowest BCUT2D eigenvalue weighted by atomic mass is 10.0. The van der Waals surface area contributed by atoms with Crippen molar-refractivity contribution in [2.45, 2.75) is 32.7 Å². The molecule has 5 heteroatoms. The first-order valence-corrected chi connectivity index (χ1v) is 6.82. The maximum Gasteiger partial charge on any atom is 0.396 e. The van der Waals surface area contributed by atoms with E-state index in [1.54, 1.807) is 6.92 Å². The minimum atomic E-state index is -0.832. The SMILES string of the molecule is CCOC(=O)C(=O)NC(C)Cc1ccc2c(c1)CCO2. The highest BCUT2D eigenvalue weighted by molar-refractivity contribution is 6.32. The van der Waals surface area contributed by atoms with Crippen molar-refractivity contribution in [3.05, 3.63) is 29.3 Å². The molecule has 0 aromatic heterocycles. The maximum absolute atomic E-state index is 11.5. The molecule has 0 aliphatic carbocycles. The van der Waals surface area contributed by atoms with E-state index in [2.05, 4.69) is 16.1 Å². The highest BCUT2D eigenvalue weighted by atomic mass is 16.5. The number of carbonyl (C=O) groups excluding carboxylic acids is 2. The van der Waals surface area contributed by atoms with Crippen molar-refractivity contribution in [3.8, 4) is 5.75 Å². The van der Waals surface area contributed by atoms with E-state index in [0.29, 0.717) is 6.42 Å². The number of benzene rings is 1. The van der Waals surface area contributed by atoms with Gasteiger partial charge in [0.2, 0.25) is 0 Å². The maximum atomic E-state index is 11.5. The minimum absolute atomic E-state index is 0.132. The van der Waals surface area contributed by atoms with Gasteiger partial charge in [-0.25, -0.2) is 4.79 Å².